The van der Waals surface area contributed by atoms with Crippen molar-refractivity contribution in [3.63, 3.8) is 0 Å². The molecule has 1 aromatic carbocycles. The molecule has 1 N–H and O–H groups in total. The summed E-state index contributed by atoms with van der Waals surface area (Å²) in [6.45, 7) is 23.6. The molecule has 0 aromatic heterocycles. The van der Waals surface area contributed by atoms with E-state index in [9.17, 15) is 9.59 Å². The van der Waals surface area contributed by atoms with Gasteiger partial charge in [0, 0.05) is 13.0 Å². The van der Waals surface area contributed by atoms with Crippen molar-refractivity contribution in [2.75, 3.05) is 33.7 Å². The molecule has 0 saturated heterocycles. The molecule has 35 heavy (non-hydrogen) atoms. The van der Waals surface area contributed by atoms with Crippen LogP contribution in [0.15, 0.2) is 24.3 Å². The first-order chi connectivity index (χ1) is 15.7. The Morgan fingerprint density at radius 1 is 0.886 bits per heavy atom. The van der Waals surface area contributed by atoms with Crippen molar-refractivity contribution in [1.29, 1.82) is 0 Å². The second kappa shape index (κ2) is 11.5. The second-order valence-corrected chi connectivity index (χ2v) is 14.4. The average Bonchev–Trinajstić information content (AvgIpc) is 2.66. The van der Waals surface area contributed by atoms with E-state index in [2.05, 4.69) is 86.7 Å². The number of carbonyl (C=O) groups is 2. The number of ether oxygens (including phenoxy) is 1. The molecule has 5 heteroatoms. The monoisotopic (exact) mass is 489 g/mol. The van der Waals surface area contributed by atoms with Crippen molar-refractivity contribution < 1.29 is 18.8 Å². The number of carbonyl (C=O) groups excluding carboxylic acids is 2. The zero-order valence-electron chi connectivity index (χ0n) is 24.7. The van der Waals surface area contributed by atoms with Crippen LogP contribution in [-0.2, 0) is 26.3 Å². The minimum atomic E-state index is -0.454. The molecule has 1 aromatic rings. The summed E-state index contributed by atoms with van der Waals surface area (Å²) in [4.78, 5) is 25.7. The average molecular weight is 490 g/mol. The van der Waals surface area contributed by atoms with Gasteiger partial charge in [0.1, 0.15) is 6.61 Å². The van der Waals surface area contributed by atoms with E-state index in [1.807, 2.05) is 26.2 Å². The lowest BCUT2D eigenvalue weighted by Crippen LogP contribution is -2.50. The van der Waals surface area contributed by atoms with Gasteiger partial charge in [-0.15, -0.1) is 0 Å². The predicted octanol–water partition coefficient (Wildman–Crippen LogP) is 6.10. The van der Waals surface area contributed by atoms with Crippen LogP contribution in [0, 0.1) is 16.2 Å². The molecule has 1 unspecified atom stereocenters. The normalized spacial score (nSPS) is 14.9. The van der Waals surface area contributed by atoms with E-state index in [0.717, 1.165) is 24.9 Å². The number of esters is 1. The number of rotatable bonds is 10. The quantitative estimate of drug-likeness (QED) is 0.245. The first kappa shape index (κ1) is 31.2. The number of likely N-dealkylation sites (N-methyl/N-ethyl adjacent to an activating group) is 1. The highest BCUT2D eigenvalue weighted by Crippen LogP contribution is 2.46. The number of hydrogen-bond acceptors (Lipinski definition) is 3. The van der Waals surface area contributed by atoms with E-state index in [0.29, 0.717) is 24.2 Å². The van der Waals surface area contributed by atoms with Gasteiger partial charge >= 0.3 is 5.97 Å². The SMILES string of the molecule is CC(C)(C)CC(C)(C(=O)NCCC[N+](C)(C)CC(=O)OCc1ccc(C(C)(C)C)cc1)C(C)(C)C. The third-order valence-corrected chi connectivity index (χ3v) is 7.04. The summed E-state index contributed by atoms with van der Waals surface area (Å²) in [5.41, 5.74) is 1.83. The number of quaternary nitrogens is 1. The predicted molar refractivity (Wildman–Crippen MR) is 146 cm³/mol. The zero-order chi connectivity index (χ0) is 27.3. The van der Waals surface area contributed by atoms with Gasteiger partial charge in [0.2, 0.25) is 5.91 Å². The van der Waals surface area contributed by atoms with Gasteiger partial charge in [-0.2, -0.15) is 0 Å². The molecular formula is C30H53N2O3+. The number of benzene rings is 1. The van der Waals surface area contributed by atoms with Crippen molar-refractivity contribution in [3.8, 4) is 0 Å². The molecule has 0 aliphatic rings. The van der Waals surface area contributed by atoms with E-state index < -0.39 is 5.41 Å². The molecule has 1 rings (SSSR count). The highest BCUT2D eigenvalue weighted by molar-refractivity contribution is 5.83. The van der Waals surface area contributed by atoms with E-state index in [-0.39, 0.29) is 28.1 Å². The molecule has 0 aliphatic carbocycles. The van der Waals surface area contributed by atoms with Gasteiger partial charge in [0.25, 0.3) is 0 Å². The Morgan fingerprint density at radius 2 is 1.43 bits per heavy atom. The third kappa shape index (κ3) is 10.3. The summed E-state index contributed by atoms with van der Waals surface area (Å²) in [5.74, 6) is -0.0912. The molecule has 1 amide bonds. The Hall–Kier alpha value is -1.88. The van der Waals surface area contributed by atoms with Crippen molar-refractivity contribution in [1.82, 2.24) is 5.32 Å². The van der Waals surface area contributed by atoms with Crippen LogP contribution in [0.1, 0.15) is 93.2 Å². The largest absolute Gasteiger partial charge is 0.457 e. The number of nitrogens with one attached hydrogen (secondary N) is 1. The van der Waals surface area contributed by atoms with Crippen LogP contribution >= 0.6 is 0 Å². The van der Waals surface area contributed by atoms with Crippen LogP contribution < -0.4 is 5.32 Å². The minimum Gasteiger partial charge on any atom is -0.457 e. The van der Waals surface area contributed by atoms with Crippen molar-refractivity contribution >= 4 is 11.9 Å². The Morgan fingerprint density at radius 3 is 1.89 bits per heavy atom. The Bertz CT molecular complexity index is 836. The van der Waals surface area contributed by atoms with Gasteiger partial charge in [0.15, 0.2) is 6.54 Å². The van der Waals surface area contributed by atoms with Crippen LogP contribution in [0.3, 0.4) is 0 Å². The summed E-state index contributed by atoms with van der Waals surface area (Å²) in [5, 5.41) is 3.17. The van der Waals surface area contributed by atoms with Crippen LogP contribution in [-0.4, -0.2) is 50.1 Å². The summed E-state index contributed by atoms with van der Waals surface area (Å²) >= 11 is 0. The maximum atomic E-state index is 13.2. The van der Waals surface area contributed by atoms with Crippen molar-refractivity contribution in [2.45, 2.75) is 94.1 Å². The number of nitrogens with zero attached hydrogens (tertiary/aromatic N) is 1. The number of hydrogen-bond donors (Lipinski definition) is 1. The summed E-state index contributed by atoms with van der Waals surface area (Å²) in [6.07, 6.45) is 1.62. The van der Waals surface area contributed by atoms with Crippen LogP contribution in [0.4, 0.5) is 0 Å². The molecule has 0 radical (unpaired) electrons. The molecule has 0 bridgehead atoms. The lowest BCUT2D eigenvalue weighted by molar-refractivity contribution is -0.883. The van der Waals surface area contributed by atoms with Crippen LogP contribution in [0.25, 0.3) is 0 Å². The van der Waals surface area contributed by atoms with Crippen LogP contribution in [0.5, 0.6) is 0 Å². The molecule has 0 aliphatic heterocycles. The van der Waals surface area contributed by atoms with Gasteiger partial charge in [-0.25, -0.2) is 4.79 Å². The molecule has 0 spiro atoms. The van der Waals surface area contributed by atoms with E-state index >= 15 is 0 Å². The third-order valence-electron chi connectivity index (χ3n) is 7.04. The smallest absolute Gasteiger partial charge is 0.362 e. The lowest BCUT2D eigenvalue weighted by atomic mass is 9.61. The molecule has 0 fully saturated rings. The standard InChI is InChI=1S/C30H52N2O3/c1-27(2,3)22-30(10,29(7,8)9)26(34)31-18-13-19-32(11,12)20-25(33)35-21-23-14-16-24(17-15-23)28(4,5)6/h14-17H,13,18-22H2,1-12H3/p+1. The summed E-state index contributed by atoms with van der Waals surface area (Å²) < 4.78 is 6.06. The fourth-order valence-corrected chi connectivity index (χ4v) is 4.39. The van der Waals surface area contributed by atoms with Gasteiger partial charge < -0.3 is 14.5 Å². The van der Waals surface area contributed by atoms with Crippen molar-refractivity contribution in [3.05, 3.63) is 35.4 Å². The minimum absolute atomic E-state index is 0.0627. The molecule has 1 atom stereocenters. The molecule has 0 heterocycles. The Labute approximate surface area is 215 Å². The fourth-order valence-electron chi connectivity index (χ4n) is 4.39. The highest BCUT2D eigenvalue weighted by atomic mass is 16.5. The van der Waals surface area contributed by atoms with Crippen molar-refractivity contribution in [2.24, 2.45) is 16.2 Å². The molecular weight excluding hydrogens is 436 g/mol. The number of amides is 1. The van der Waals surface area contributed by atoms with E-state index in [1.54, 1.807) is 0 Å². The summed E-state index contributed by atoms with van der Waals surface area (Å²) in [6, 6.07) is 8.26. The molecule has 200 valence electrons. The molecule has 0 saturated carbocycles. The Kier molecular flexibility index (Phi) is 10.2. The van der Waals surface area contributed by atoms with Gasteiger partial charge in [-0.1, -0.05) is 93.5 Å². The van der Waals surface area contributed by atoms with E-state index in [1.165, 1.54) is 5.56 Å². The second-order valence-electron chi connectivity index (χ2n) is 14.4. The van der Waals surface area contributed by atoms with Gasteiger partial charge in [-0.05, 0) is 33.8 Å². The fraction of sp³-hybridized carbons (Fsp3) is 0.733. The first-order valence-electron chi connectivity index (χ1n) is 13.0. The summed E-state index contributed by atoms with van der Waals surface area (Å²) in [7, 11) is 4.06. The first-order valence-corrected chi connectivity index (χ1v) is 13.0. The highest BCUT2D eigenvalue weighted by Gasteiger charge is 2.46. The lowest BCUT2D eigenvalue weighted by Gasteiger charge is -2.44. The van der Waals surface area contributed by atoms with Gasteiger partial charge in [-0.3, -0.25) is 4.79 Å². The zero-order valence-corrected chi connectivity index (χ0v) is 24.7. The van der Waals surface area contributed by atoms with Crippen LogP contribution in [0.2, 0.25) is 0 Å². The maximum absolute atomic E-state index is 13.2. The topological polar surface area (TPSA) is 55.4 Å². The van der Waals surface area contributed by atoms with E-state index in [4.69, 9.17) is 4.74 Å². The van der Waals surface area contributed by atoms with Gasteiger partial charge in [0.05, 0.1) is 26.1 Å². The Balaban J connectivity index is 2.52. The maximum Gasteiger partial charge on any atom is 0.362 e. The molecule has 5 nitrogen and oxygen atoms in total.